The van der Waals surface area contributed by atoms with E-state index in [1.807, 2.05) is 42.1 Å². The molecule has 0 bridgehead atoms. The predicted octanol–water partition coefficient (Wildman–Crippen LogP) is 2.21. The van der Waals surface area contributed by atoms with Gasteiger partial charge in [-0.2, -0.15) is 11.8 Å². The van der Waals surface area contributed by atoms with Crippen molar-refractivity contribution in [3.8, 4) is 0 Å². The van der Waals surface area contributed by atoms with Crippen LogP contribution in [0.4, 0.5) is 0 Å². The van der Waals surface area contributed by atoms with Gasteiger partial charge in [-0.05, 0) is 36.8 Å². The number of carbonyl (C=O) groups is 1. The monoisotopic (exact) mass is 280 g/mol. The molecule has 0 aliphatic heterocycles. The molecule has 0 spiro atoms. The van der Waals surface area contributed by atoms with Gasteiger partial charge in [0.05, 0.1) is 6.04 Å². The largest absolute Gasteiger partial charge is 0.355 e. The van der Waals surface area contributed by atoms with Crippen LogP contribution in [0, 0.1) is 0 Å². The van der Waals surface area contributed by atoms with Crippen LogP contribution in [0.2, 0.25) is 0 Å². The summed E-state index contributed by atoms with van der Waals surface area (Å²) in [6.07, 6.45) is 6.12. The lowest BCUT2D eigenvalue weighted by atomic mass is 10.1. The van der Waals surface area contributed by atoms with Crippen LogP contribution in [0.25, 0.3) is 0 Å². The third-order valence-corrected chi connectivity index (χ3v) is 3.66. The van der Waals surface area contributed by atoms with Crippen LogP contribution in [-0.4, -0.2) is 30.5 Å². The van der Waals surface area contributed by atoms with Gasteiger partial charge in [0.2, 0.25) is 5.91 Å². The first-order valence-corrected chi connectivity index (χ1v) is 8.19. The first kappa shape index (κ1) is 16.1. The third-order valence-electron chi connectivity index (χ3n) is 2.96. The van der Waals surface area contributed by atoms with Crippen molar-refractivity contribution in [1.29, 1.82) is 0 Å². The van der Waals surface area contributed by atoms with Crippen molar-refractivity contribution in [2.24, 2.45) is 5.73 Å². The summed E-state index contributed by atoms with van der Waals surface area (Å²) >= 11 is 1.86. The first-order chi connectivity index (χ1) is 9.24. The molecule has 0 saturated carbocycles. The molecule has 1 atom stereocenters. The number of nitrogens with one attached hydrogen (secondary N) is 1. The average Bonchev–Trinajstić information content (AvgIpc) is 2.43. The molecule has 0 aromatic heterocycles. The minimum absolute atomic E-state index is 0.0475. The molecule has 0 fully saturated rings. The Labute approximate surface area is 120 Å². The van der Waals surface area contributed by atoms with E-state index < -0.39 is 6.04 Å². The smallest absolute Gasteiger partial charge is 0.237 e. The average molecular weight is 280 g/mol. The summed E-state index contributed by atoms with van der Waals surface area (Å²) in [4.78, 5) is 11.8. The Hall–Kier alpha value is -1.00. The number of hydrogen-bond donors (Lipinski definition) is 2. The van der Waals surface area contributed by atoms with Crippen LogP contribution < -0.4 is 11.1 Å². The SMILES string of the molecule is CSCCCCCNC(=O)C(N)Cc1ccccc1. The molecule has 4 heteroatoms. The zero-order valence-electron chi connectivity index (χ0n) is 11.6. The molecule has 19 heavy (non-hydrogen) atoms. The van der Waals surface area contributed by atoms with Crippen LogP contribution >= 0.6 is 11.8 Å². The Morgan fingerprint density at radius 3 is 2.68 bits per heavy atom. The highest BCUT2D eigenvalue weighted by atomic mass is 32.2. The lowest BCUT2D eigenvalue weighted by Gasteiger charge is -2.12. The zero-order chi connectivity index (χ0) is 13.9. The molecule has 0 heterocycles. The number of hydrogen-bond acceptors (Lipinski definition) is 3. The van der Waals surface area contributed by atoms with Gasteiger partial charge in [-0.25, -0.2) is 0 Å². The molecular formula is C15H24N2OS. The van der Waals surface area contributed by atoms with E-state index in [-0.39, 0.29) is 5.91 Å². The van der Waals surface area contributed by atoms with E-state index >= 15 is 0 Å². The predicted molar refractivity (Wildman–Crippen MR) is 83.4 cm³/mol. The van der Waals surface area contributed by atoms with E-state index in [1.165, 1.54) is 12.2 Å². The van der Waals surface area contributed by atoms with Crippen LogP contribution in [0.5, 0.6) is 0 Å². The van der Waals surface area contributed by atoms with Crippen LogP contribution in [0.1, 0.15) is 24.8 Å². The zero-order valence-corrected chi connectivity index (χ0v) is 12.4. The van der Waals surface area contributed by atoms with Gasteiger partial charge in [0, 0.05) is 6.54 Å². The summed E-state index contributed by atoms with van der Waals surface area (Å²) < 4.78 is 0. The lowest BCUT2D eigenvalue weighted by molar-refractivity contribution is -0.122. The maximum atomic E-state index is 11.8. The molecule has 106 valence electrons. The molecule has 0 aliphatic rings. The maximum absolute atomic E-state index is 11.8. The molecule has 0 radical (unpaired) electrons. The van der Waals surface area contributed by atoms with Crippen LogP contribution in [0.3, 0.4) is 0 Å². The summed E-state index contributed by atoms with van der Waals surface area (Å²) in [5.74, 6) is 1.15. The van der Waals surface area contributed by atoms with Gasteiger partial charge in [-0.15, -0.1) is 0 Å². The van der Waals surface area contributed by atoms with E-state index in [2.05, 4.69) is 11.6 Å². The second-order valence-corrected chi connectivity index (χ2v) is 5.63. The second kappa shape index (κ2) is 9.87. The Bertz CT molecular complexity index is 356. The van der Waals surface area contributed by atoms with E-state index in [0.29, 0.717) is 6.42 Å². The van der Waals surface area contributed by atoms with Gasteiger partial charge in [0.15, 0.2) is 0 Å². The number of thioether (sulfide) groups is 1. The van der Waals surface area contributed by atoms with Crippen molar-refractivity contribution in [3.05, 3.63) is 35.9 Å². The fourth-order valence-electron chi connectivity index (χ4n) is 1.85. The van der Waals surface area contributed by atoms with Crippen molar-refractivity contribution in [1.82, 2.24) is 5.32 Å². The normalized spacial score (nSPS) is 12.1. The molecule has 1 rings (SSSR count). The Balaban J connectivity index is 2.15. The standard InChI is InChI=1S/C15H24N2OS/c1-19-11-7-3-6-10-17-15(18)14(16)12-13-8-4-2-5-9-13/h2,4-5,8-9,14H,3,6-7,10-12,16H2,1H3,(H,17,18). The Morgan fingerprint density at radius 1 is 1.26 bits per heavy atom. The van der Waals surface area contributed by atoms with Gasteiger partial charge < -0.3 is 11.1 Å². The Morgan fingerprint density at radius 2 is 2.00 bits per heavy atom. The molecule has 0 aliphatic carbocycles. The summed E-state index contributed by atoms with van der Waals surface area (Å²) in [6, 6.07) is 9.43. The maximum Gasteiger partial charge on any atom is 0.237 e. The quantitative estimate of drug-likeness (QED) is 0.682. The topological polar surface area (TPSA) is 55.1 Å². The Kier molecular flexibility index (Phi) is 8.34. The summed E-state index contributed by atoms with van der Waals surface area (Å²) in [5, 5.41) is 2.91. The molecule has 3 nitrogen and oxygen atoms in total. The number of benzene rings is 1. The van der Waals surface area contributed by atoms with E-state index in [0.717, 1.165) is 24.9 Å². The van der Waals surface area contributed by atoms with Crippen molar-refractivity contribution >= 4 is 17.7 Å². The highest BCUT2D eigenvalue weighted by Gasteiger charge is 2.12. The third kappa shape index (κ3) is 7.23. The molecule has 1 amide bonds. The van der Waals surface area contributed by atoms with Crippen LogP contribution in [-0.2, 0) is 11.2 Å². The first-order valence-electron chi connectivity index (χ1n) is 6.80. The minimum atomic E-state index is -0.450. The van der Waals surface area contributed by atoms with Crippen molar-refractivity contribution < 1.29 is 4.79 Å². The van der Waals surface area contributed by atoms with Gasteiger partial charge in [0.1, 0.15) is 0 Å². The lowest BCUT2D eigenvalue weighted by Crippen LogP contribution is -2.42. The molecule has 1 aromatic rings. The van der Waals surface area contributed by atoms with Crippen molar-refractivity contribution in [3.63, 3.8) is 0 Å². The van der Waals surface area contributed by atoms with E-state index in [9.17, 15) is 4.79 Å². The highest BCUT2D eigenvalue weighted by Crippen LogP contribution is 2.03. The number of nitrogens with two attached hydrogens (primary N) is 1. The highest BCUT2D eigenvalue weighted by molar-refractivity contribution is 7.98. The number of rotatable bonds is 9. The minimum Gasteiger partial charge on any atom is -0.355 e. The fraction of sp³-hybridized carbons (Fsp3) is 0.533. The van der Waals surface area contributed by atoms with E-state index in [4.69, 9.17) is 5.73 Å². The van der Waals surface area contributed by atoms with Crippen molar-refractivity contribution in [2.45, 2.75) is 31.7 Å². The fourth-order valence-corrected chi connectivity index (χ4v) is 2.34. The molecule has 3 N–H and O–H groups in total. The second-order valence-electron chi connectivity index (χ2n) is 4.64. The molecule has 0 saturated heterocycles. The molecular weight excluding hydrogens is 256 g/mol. The van der Waals surface area contributed by atoms with Gasteiger partial charge in [0.25, 0.3) is 0 Å². The van der Waals surface area contributed by atoms with Gasteiger partial charge in [-0.3, -0.25) is 4.79 Å². The summed E-state index contributed by atoms with van der Waals surface area (Å²) in [7, 11) is 0. The van der Waals surface area contributed by atoms with Crippen molar-refractivity contribution in [2.75, 3.05) is 18.6 Å². The van der Waals surface area contributed by atoms with E-state index in [1.54, 1.807) is 0 Å². The van der Waals surface area contributed by atoms with Crippen LogP contribution in [0.15, 0.2) is 30.3 Å². The number of carbonyl (C=O) groups excluding carboxylic acids is 1. The number of amides is 1. The molecule has 1 unspecified atom stereocenters. The summed E-state index contributed by atoms with van der Waals surface area (Å²) in [6.45, 7) is 0.732. The van der Waals surface area contributed by atoms with Gasteiger partial charge in [-0.1, -0.05) is 36.8 Å². The number of unbranched alkanes of at least 4 members (excludes halogenated alkanes) is 2. The molecule has 1 aromatic carbocycles. The summed E-state index contributed by atoms with van der Waals surface area (Å²) in [5.41, 5.74) is 7.00. The van der Waals surface area contributed by atoms with Gasteiger partial charge >= 0.3 is 0 Å².